The SMILES string of the molecule is Cc1cccc(C(=O)N2CCCC(C)(O)C2)n1. The maximum atomic E-state index is 12.2. The van der Waals surface area contributed by atoms with E-state index in [4.69, 9.17) is 0 Å². The highest BCUT2D eigenvalue weighted by Crippen LogP contribution is 2.21. The van der Waals surface area contributed by atoms with Crippen LogP contribution in [-0.4, -0.2) is 39.6 Å². The second-order valence-corrected chi connectivity index (χ2v) is 4.99. The molecule has 1 amide bonds. The molecule has 1 aliphatic rings. The van der Waals surface area contributed by atoms with Gasteiger partial charge in [-0.1, -0.05) is 6.07 Å². The molecule has 4 heteroatoms. The van der Waals surface area contributed by atoms with E-state index in [1.807, 2.05) is 19.1 Å². The first-order chi connectivity index (χ1) is 7.98. The van der Waals surface area contributed by atoms with Crippen molar-refractivity contribution in [3.8, 4) is 0 Å². The van der Waals surface area contributed by atoms with E-state index in [1.165, 1.54) is 0 Å². The summed E-state index contributed by atoms with van der Waals surface area (Å²) in [6.07, 6.45) is 1.59. The van der Waals surface area contributed by atoms with Crippen LogP contribution in [0.25, 0.3) is 0 Å². The Morgan fingerprint density at radius 2 is 2.29 bits per heavy atom. The molecular weight excluding hydrogens is 216 g/mol. The molecule has 0 aromatic carbocycles. The highest BCUT2D eigenvalue weighted by molar-refractivity contribution is 5.92. The van der Waals surface area contributed by atoms with Crippen molar-refractivity contribution in [2.45, 2.75) is 32.3 Å². The van der Waals surface area contributed by atoms with E-state index in [1.54, 1.807) is 17.9 Å². The van der Waals surface area contributed by atoms with Gasteiger partial charge in [-0.05, 0) is 38.8 Å². The summed E-state index contributed by atoms with van der Waals surface area (Å²) in [6, 6.07) is 5.42. The fourth-order valence-electron chi connectivity index (χ4n) is 2.22. The summed E-state index contributed by atoms with van der Waals surface area (Å²) in [5.41, 5.74) is 0.528. The first-order valence-electron chi connectivity index (χ1n) is 5.93. The van der Waals surface area contributed by atoms with E-state index in [9.17, 15) is 9.90 Å². The number of rotatable bonds is 1. The number of piperidine rings is 1. The normalized spacial score (nSPS) is 24.8. The summed E-state index contributed by atoms with van der Waals surface area (Å²) in [6.45, 7) is 4.73. The van der Waals surface area contributed by atoms with Gasteiger partial charge in [0, 0.05) is 18.8 Å². The molecule has 0 radical (unpaired) electrons. The molecule has 2 rings (SSSR count). The van der Waals surface area contributed by atoms with Crippen molar-refractivity contribution in [3.05, 3.63) is 29.6 Å². The molecule has 2 heterocycles. The van der Waals surface area contributed by atoms with E-state index in [-0.39, 0.29) is 5.91 Å². The van der Waals surface area contributed by atoms with Crippen LogP contribution in [0.5, 0.6) is 0 Å². The molecule has 1 fully saturated rings. The number of nitrogens with zero attached hydrogens (tertiary/aromatic N) is 2. The number of hydrogen-bond donors (Lipinski definition) is 1. The Morgan fingerprint density at radius 3 is 2.94 bits per heavy atom. The lowest BCUT2D eigenvalue weighted by atomic mass is 9.95. The van der Waals surface area contributed by atoms with Crippen molar-refractivity contribution < 1.29 is 9.90 Å². The van der Waals surface area contributed by atoms with Crippen molar-refractivity contribution in [2.24, 2.45) is 0 Å². The third-order valence-corrected chi connectivity index (χ3v) is 3.07. The number of pyridine rings is 1. The number of β-amino-alcohol motifs (C(OH)–C–C–N with tert-alkyl or cyclic N) is 1. The lowest BCUT2D eigenvalue weighted by molar-refractivity contribution is -0.0109. The third kappa shape index (κ3) is 2.82. The van der Waals surface area contributed by atoms with Gasteiger partial charge in [-0.2, -0.15) is 0 Å². The quantitative estimate of drug-likeness (QED) is 0.798. The highest BCUT2D eigenvalue weighted by Gasteiger charge is 2.31. The van der Waals surface area contributed by atoms with E-state index in [0.29, 0.717) is 18.8 Å². The average Bonchev–Trinajstić information content (AvgIpc) is 2.26. The topological polar surface area (TPSA) is 53.4 Å². The maximum absolute atomic E-state index is 12.2. The number of aromatic nitrogens is 1. The number of hydrogen-bond acceptors (Lipinski definition) is 3. The van der Waals surface area contributed by atoms with Crippen molar-refractivity contribution in [1.29, 1.82) is 0 Å². The van der Waals surface area contributed by atoms with Crippen LogP contribution >= 0.6 is 0 Å². The van der Waals surface area contributed by atoms with Crippen LogP contribution in [-0.2, 0) is 0 Å². The van der Waals surface area contributed by atoms with Gasteiger partial charge in [0.2, 0.25) is 0 Å². The van der Waals surface area contributed by atoms with Gasteiger partial charge < -0.3 is 10.0 Å². The number of aryl methyl sites for hydroxylation is 1. The molecule has 0 bridgehead atoms. The molecule has 92 valence electrons. The van der Waals surface area contributed by atoms with E-state index < -0.39 is 5.60 Å². The molecular formula is C13H18N2O2. The van der Waals surface area contributed by atoms with Crippen molar-refractivity contribution in [3.63, 3.8) is 0 Å². The zero-order valence-corrected chi connectivity index (χ0v) is 10.3. The monoisotopic (exact) mass is 234 g/mol. The molecule has 1 aromatic heterocycles. The molecule has 1 aliphatic heterocycles. The molecule has 4 nitrogen and oxygen atoms in total. The molecule has 1 N–H and O–H groups in total. The van der Waals surface area contributed by atoms with Crippen LogP contribution in [0.4, 0.5) is 0 Å². The molecule has 0 aliphatic carbocycles. The minimum absolute atomic E-state index is 0.0892. The Morgan fingerprint density at radius 1 is 1.53 bits per heavy atom. The van der Waals surface area contributed by atoms with Crippen LogP contribution in [0.2, 0.25) is 0 Å². The zero-order chi connectivity index (χ0) is 12.5. The molecule has 1 saturated heterocycles. The molecule has 1 aromatic rings. The van der Waals surface area contributed by atoms with Crippen molar-refractivity contribution in [2.75, 3.05) is 13.1 Å². The third-order valence-electron chi connectivity index (χ3n) is 3.07. The number of aliphatic hydroxyl groups is 1. The van der Waals surface area contributed by atoms with Gasteiger partial charge in [0.1, 0.15) is 5.69 Å². The smallest absolute Gasteiger partial charge is 0.272 e. The van der Waals surface area contributed by atoms with Crippen LogP contribution < -0.4 is 0 Å². The largest absolute Gasteiger partial charge is 0.388 e. The van der Waals surface area contributed by atoms with Crippen LogP contribution in [0, 0.1) is 6.92 Å². The summed E-state index contributed by atoms with van der Waals surface area (Å²) in [4.78, 5) is 18.1. The van der Waals surface area contributed by atoms with Gasteiger partial charge in [0.15, 0.2) is 0 Å². The maximum Gasteiger partial charge on any atom is 0.272 e. The summed E-state index contributed by atoms with van der Waals surface area (Å²) < 4.78 is 0. The molecule has 0 spiro atoms. The van der Waals surface area contributed by atoms with Gasteiger partial charge in [-0.15, -0.1) is 0 Å². The van der Waals surface area contributed by atoms with Gasteiger partial charge in [-0.3, -0.25) is 4.79 Å². The molecule has 17 heavy (non-hydrogen) atoms. The Hall–Kier alpha value is -1.42. The summed E-state index contributed by atoms with van der Waals surface area (Å²) >= 11 is 0. The highest BCUT2D eigenvalue weighted by atomic mass is 16.3. The summed E-state index contributed by atoms with van der Waals surface area (Å²) in [5, 5.41) is 9.98. The Kier molecular flexibility index (Phi) is 3.15. The Labute approximate surface area is 101 Å². The van der Waals surface area contributed by atoms with Crippen LogP contribution in [0.3, 0.4) is 0 Å². The summed E-state index contributed by atoms with van der Waals surface area (Å²) in [7, 11) is 0. The standard InChI is InChI=1S/C13H18N2O2/c1-10-5-3-6-11(14-10)12(16)15-8-4-7-13(2,17)9-15/h3,5-6,17H,4,7-9H2,1-2H3. The first-order valence-corrected chi connectivity index (χ1v) is 5.93. The molecule has 1 atom stereocenters. The number of amides is 1. The minimum Gasteiger partial charge on any atom is -0.388 e. The lowest BCUT2D eigenvalue weighted by Crippen LogP contribution is -2.48. The second-order valence-electron chi connectivity index (χ2n) is 4.99. The fourth-order valence-corrected chi connectivity index (χ4v) is 2.22. The number of likely N-dealkylation sites (tertiary alicyclic amines) is 1. The van der Waals surface area contributed by atoms with Gasteiger partial charge >= 0.3 is 0 Å². The van der Waals surface area contributed by atoms with Gasteiger partial charge in [-0.25, -0.2) is 4.98 Å². The van der Waals surface area contributed by atoms with Crippen molar-refractivity contribution in [1.82, 2.24) is 9.88 Å². The Balaban J connectivity index is 2.15. The van der Waals surface area contributed by atoms with E-state index in [2.05, 4.69) is 4.98 Å². The van der Waals surface area contributed by atoms with Crippen molar-refractivity contribution >= 4 is 5.91 Å². The van der Waals surface area contributed by atoms with E-state index >= 15 is 0 Å². The lowest BCUT2D eigenvalue weighted by Gasteiger charge is -2.36. The minimum atomic E-state index is -0.766. The van der Waals surface area contributed by atoms with Crippen LogP contribution in [0.1, 0.15) is 35.9 Å². The number of carbonyl (C=O) groups excluding carboxylic acids is 1. The predicted octanol–water partition coefficient (Wildman–Crippen LogP) is 1.38. The van der Waals surface area contributed by atoms with Crippen LogP contribution in [0.15, 0.2) is 18.2 Å². The second kappa shape index (κ2) is 4.45. The van der Waals surface area contributed by atoms with Gasteiger partial charge in [0.05, 0.1) is 5.60 Å². The van der Waals surface area contributed by atoms with Gasteiger partial charge in [0.25, 0.3) is 5.91 Å². The van der Waals surface area contributed by atoms with E-state index in [0.717, 1.165) is 18.5 Å². The molecule has 1 unspecified atom stereocenters. The number of carbonyl (C=O) groups is 1. The zero-order valence-electron chi connectivity index (χ0n) is 10.3. The average molecular weight is 234 g/mol. The predicted molar refractivity (Wildman–Crippen MR) is 64.7 cm³/mol. The fraction of sp³-hybridized carbons (Fsp3) is 0.538. The summed E-state index contributed by atoms with van der Waals surface area (Å²) in [5.74, 6) is -0.0892. The molecule has 0 saturated carbocycles. The Bertz CT molecular complexity index is 429. The first kappa shape index (κ1) is 12.0.